The molecule has 2 rings (SSSR count). The van der Waals surface area contributed by atoms with E-state index in [-0.39, 0.29) is 0 Å². The lowest BCUT2D eigenvalue weighted by Gasteiger charge is -2.31. The molecule has 1 fully saturated rings. The number of hydrogen-bond acceptors (Lipinski definition) is 5. The number of methoxy groups -OCH3 is 1. The summed E-state index contributed by atoms with van der Waals surface area (Å²) in [6, 6.07) is 0.638. The molecule has 4 nitrogen and oxygen atoms in total. The normalized spacial score (nSPS) is 25.9. The van der Waals surface area contributed by atoms with Gasteiger partial charge in [-0.3, -0.25) is 4.99 Å². The van der Waals surface area contributed by atoms with E-state index in [1.54, 1.807) is 7.11 Å². The summed E-state index contributed by atoms with van der Waals surface area (Å²) in [4.78, 5) is 6.91. The molecule has 0 amide bonds. The van der Waals surface area contributed by atoms with E-state index >= 15 is 0 Å². The largest absolute Gasteiger partial charge is 0.383 e. The van der Waals surface area contributed by atoms with Crippen molar-refractivity contribution in [2.45, 2.75) is 6.04 Å². The molecule has 0 spiro atoms. The third-order valence-electron chi connectivity index (χ3n) is 2.54. The summed E-state index contributed by atoms with van der Waals surface area (Å²) in [7, 11) is 1.72. The van der Waals surface area contributed by atoms with Crippen LogP contribution in [0.5, 0.6) is 0 Å². The molecular formula is C9H17N3OS. The highest BCUT2D eigenvalue weighted by atomic mass is 32.2. The minimum atomic E-state index is 0.638. The first kappa shape index (κ1) is 10.1. The van der Waals surface area contributed by atoms with Crippen LogP contribution in [0.3, 0.4) is 0 Å². The van der Waals surface area contributed by atoms with Gasteiger partial charge in [-0.15, -0.1) is 0 Å². The zero-order chi connectivity index (χ0) is 9.80. The van der Waals surface area contributed by atoms with E-state index in [1.807, 2.05) is 11.8 Å². The topological polar surface area (TPSA) is 36.9 Å². The van der Waals surface area contributed by atoms with E-state index in [9.17, 15) is 0 Å². The molecule has 2 aliphatic heterocycles. The van der Waals surface area contributed by atoms with Crippen LogP contribution >= 0.6 is 11.8 Å². The molecule has 0 saturated carbocycles. The first-order valence-electron chi connectivity index (χ1n) is 5.03. The average molecular weight is 215 g/mol. The van der Waals surface area contributed by atoms with Crippen molar-refractivity contribution >= 4 is 17.7 Å². The van der Waals surface area contributed by atoms with Crippen molar-refractivity contribution in [2.24, 2.45) is 4.99 Å². The van der Waals surface area contributed by atoms with Gasteiger partial charge in [0.2, 0.25) is 0 Å². The number of rotatable bonds is 3. The minimum Gasteiger partial charge on any atom is -0.383 e. The molecule has 0 aliphatic carbocycles. The highest BCUT2D eigenvalue weighted by Crippen LogP contribution is 2.20. The van der Waals surface area contributed by atoms with Gasteiger partial charge in [0.25, 0.3) is 0 Å². The fourth-order valence-corrected chi connectivity index (χ4v) is 2.84. The summed E-state index contributed by atoms with van der Waals surface area (Å²) in [6.07, 6.45) is 0. The van der Waals surface area contributed by atoms with E-state index in [2.05, 4.69) is 15.2 Å². The molecule has 0 aromatic carbocycles. The summed E-state index contributed by atoms with van der Waals surface area (Å²) < 4.78 is 5.00. The zero-order valence-electron chi connectivity index (χ0n) is 8.53. The molecule has 1 saturated heterocycles. The molecule has 14 heavy (non-hydrogen) atoms. The lowest BCUT2D eigenvalue weighted by Crippen LogP contribution is -2.48. The maximum atomic E-state index is 5.00. The van der Waals surface area contributed by atoms with Crippen LogP contribution in [-0.2, 0) is 4.74 Å². The summed E-state index contributed by atoms with van der Waals surface area (Å²) in [6.45, 7) is 3.69. The molecule has 0 radical (unpaired) electrons. The molecule has 5 heteroatoms. The van der Waals surface area contributed by atoms with Crippen molar-refractivity contribution in [1.29, 1.82) is 0 Å². The number of thioether (sulfide) groups is 1. The number of aliphatic imine (C=N–C) groups is 1. The van der Waals surface area contributed by atoms with Gasteiger partial charge in [0, 0.05) is 31.7 Å². The number of nitrogens with zero attached hydrogens (tertiary/aromatic N) is 2. The standard InChI is InChI=1S/C9H17N3OS/c1-13-4-2-10-9-11-6-8-7-14-5-3-12(8)9/h8H,2-7H2,1H3,(H,10,11). The van der Waals surface area contributed by atoms with Crippen molar-refractivity contribution in [3.8, 4) is 0 Å². The third-order valence-corrected chi connectivity index (χ3v) is 3.63. The Morgan fingerprint density at radius 1 is 1.71 bits per heavy atom. The zero-order valence-corrected chi connectivity index (χ0v) is 9.35. The molecule has 1 atom stereocenters. The second-order valence-electron chi connectivity index (χ2n) is 3.51. The SMILES string of the molecule is COCCNC1=NCC2CSCCN12. The van der Waals surface area contributed by atoms with Gasteiger partial charge in [-0.2, -0.15) is 11.8 Å². The van der Waals surface area contributed by atoms with Crippen molar-refractivity contribution < 1.29 is 4.74 Å². The summed E-state index contributed by atoms with van der Waals surface area (Å²) in [5, 5.41) is 3.32. The van der Waals surface area contributed by atoms with Gasteiger partial charge in [-0.25, -0.2) is 0 Å². The van der Waals surface area contributed by atoms with Crippen LogP contribution in [0, 0.1) is 0 Å². The molecule has 0 aromatic rings. The predicted molar refractivity (Wildman–Crippen MR) is 60.0 cm³/mol. The van der Waals surface area contributed by atoms with Crippen LogP contribution in [0.1, 0.15) is 0 Å². The Morgan fingerprint density at radius 2 is 2.64 bits per heavy atom. The Morgan fingerprint density at radius 3 is 3.50 bits per heavy atom. The Balaban J connectivity index is 1.81. The van der Waals surface area contributed by atoms with Crippen LogP contribution in [0.4, 0.5) is 0 Å². The van der Waals surface area contributed by atoms with Gasteiger partial charge >= 0.3 is 0 Å². The predicted octanol–water partition coefficient (Wildman–Crippen LogP) is 0.00940. The average Bonchev–Trinajstić information content (AvgIpc) is 2.63. The molecule has 2 aliphatic rings. The van der Waals surface area contributed by atoms with E-state index in [0.29, 0.717) is 6.04 Å². The van der Waals surface area contributed by atoms with E-state index in [0.717, 1.165) is 32.2 Å². The van der Waals surface area contributed by atoms with Gasteiger partial charge in [-0.05, 0) is 0 Å². The highest BCUT2D eigenvalue weighted by molar-refractivity contribution is 7.99. The number of ether oxygens (including phenoxy) is 1. The Bertz CT molecular complexity index is 222. The van der Waals surface area contributed by atoms with Gasteiger partial charge < -0.3 is 15.0 Å². The number of guanidine groups is 1. The van der Waals surface area contributed by atoms with Crippen molar-refractivity contribution in [3.05, 3.63) is 0 Å². The molecule has 1 unspecified atom stereocenters. The Labute approximate surface area is 89.1 Å². The second kappa shape index (κ2) is 4.89. The monoisotopic (exact) mass is 215 g/mol. The number of hydrogen-bond donors (Lipinski definition) is 1. The first-order chi connectivity index (χ1) is 6.92. The maximum Gasteiger partial charge on any atom is 0.194 e. The van der Waals surface area contributed by atoms with Crippen molar-refractivity contribution in [1.82, 2.24) is 10.2 Å². The summed E-state index contributed by atoms with van der Waals surface area (Å²) >= 11 is 2.03. The summed E-state index contributed by atoms with van der Waals surface area (Å²) in [5.41, 5.74) is 0. The van der Waals surface area contributed by atoms with Crippen LogP contribution in [0.25, 0.3) is 0 Å². The number of fused-ring (bicyclic) bond motifs is 1. The lowest BCUT2D eigenvalue weighted by atomic mass is 10.3. The van der Waals surface area contributed by atoms with Crippen LogP contribution in [-0.4, -0.2) is 61.8 Å². The molecule has 0 aromatic heterocycles. The van der Waals surface area contributed by atoms with Crippen molar-refractivity contribution in [2.75, 3.05) is 44.9 Å². The maximum absolute atomic E-state index is 5.00. The van der Waals surface area contributed by atoms with Gasteiger partial charge in [0.1, 0.15) is 0 Å². The van der Waals surface area contributed by atoms with E-state index < -0.39 is 0 Å². The second-order valence-corrected chi connectivity index (χ2v) is 4.66. The van der Waals surface area contributed by atoms with Crippen LogP contribution < -0.4 is 5.32 Å². The van der Waals surface area contributed by atoms with Crippen molar-refractivity contribution in [3.63, 3.8) is 0 Å². The number of nitrogens with one attached hydrogen (secondary N) is 1. The Kier molecular flexibility index (Phi) is 3.53. The minimum absolute atomic E-state index is 0.638. The highest BCUT2D eigenvalue weighted by Gasteiger charge is 2.29. The lowest BCUT2D eigenvalue weighted by molar-refractivity contribution is 0.202. The van der Waals surface area contributed by atoms with Gasteiger partial charge in [0.15, 0.2) is 5.96 Å². The van der Waals surface area contributed by atoms with E-state index in [4.69, 9.17) is 4.74 Å². The molecule has 1 N–H and O–H groups in total. The third kappa shape index (κ3) is 2.15. The van der Waals surface area contributed by atoms with E-state index in [1.165, 1.54) is 11.5 Å². The van der Waals surface area contributed by atoms with Crippen LogP contribution in [0.2, 0.25) is 0 Å². The molecular weight excluding hydrogens is 198 g/mol. The summed E-state index contributed by atoms with van der Waals surface area (Å²) in [5.74, 6) is 3.52. The molecule has 80 valence electrons. The molecule has 2 heterocycles. The molecule has 0 bridgehead atoms. The Hall–Kier alpha value is -0.420. The van der Waals surface area contributed by atoms with Gasteiger partial charge in [0.05, 0.1) is 19.2 Å². The quantitative estimate of drug-likeness (QED) is 0.673. The van der Waals surface area contributed by atoms with Crippen LogP contribution in [0.15, 0.2) is 4.99 Å². The fraction of sp³-hybridized carbons (Fsp3) is 0.889. The van der Waals surface area contributed by atoms with Gasteiger partial charge in [-0.1, -0.05) is 0 Å². The smallest absolute Gasteiger partial charge is 0.194 e. The fourth-order valence-electron chi connectivity index (χ4n) is 1.79. The first-order valence-corrected chi connectivity index (χ1v) is 6.19.